The van der Waals surface area contributed by atoms with E-state index in [4.69, 9.17) is 21.2 Å². The number of pyridine rings is 1. The van der Waals surface area contributed by atoms with E-state index >= 15 is 0 Å². The second kappa shape index (κ2) is 4.28. The first-order valence-corrected chi connectivity index (χ1v) is 6.48. The van der Waals surface area contributed by atoms with Gasteiger partial charge in [-0.2, -0.15) is 4.98 Å². The third-order valence-corrected chi connectivity index (χ3v) is 4.08. The molecule has 0 bridgehead atoms. The van der Waals surface area contributed by atoms with Crippen LogP contribution in [0, 0.1) is 11.3 Å². The maximum atomic E-state index is 11.2. The topological polar surface area (TPSA) is 89.1 Å². The van der Waals surface area contributed by atoms with E-state index in [0.717, 1.165) is 0 Å². The first-order valence-electron chi connectivity index (χ1n) is 6.10. The fraction of sp³-hybridized carbons (Fsp3) is 0.385. The van der Waals surface area contributed by atoms with Gasteiger partial charge in [-0.3, -0.25) is 9.78 Å². The number of rotatable bonds is 3. The first kappa shape index (κ1) is 13.1. The zero-order valence-electron chi connectivity index (χ0n) is 10.9. The Morgan fingerprint density at radius 3 is 2.85 bits per heavy atom. The average Bonchev–Trinajstić information content (AvgIpc) is 2.74. The van der Waals surface area contributed by atoms with Gasteiger partial charge in [0.1, 0.15) is 5.69 Å². The van der Waals surface area contributed by atoms with Crippen LogP contribution >= 0.6 is 11.6 Å². The van der Waals surface area contributed by atoms with E-state index in [9.17, 15) is 4.79 Å². The fourth-order valence-electron chi connectivity index (χ4n) is 2.57. The number of halogens is 1. The highest BCUT2D eigenvalue weighted by atomic mass is 35.5. The van der Waals surface area contributed by atoms with Crippen LogP contribution in [0.15, 0.2) is 22.9 Å². The normalized spacial score (nSPS) is 23.6. The van der Waals surface area contributed by atoms with Gasteiger partial charge >= 0.3 is 5.97 Å². The highest BCUT2D eigenvalue weighted by Gasteiger charge is 2.65. The molecule has 1 aliphatic carbocycles. The molecule has 2 unspecified atom stereocenters. The molecule has 2 aromatic rings. The summed E-state index contributed by atoms with van der Waals surface area (Å²) in [7, 11) is 0. The van der Waals surface area contributed by atoms with Gasteiger partial charge in [0.15, 0.2) is 0 Å². The van der Waals surface area contributed by atoms with E-state index in [0.29, 0.717) is 16.6 Å². The summed E-state index contributed by atoms with van der Waals surface area (Å²) in [5.41, 5.74) is 0.0401. The number of aromatic nitrogens is 3. The zero-order chi connectivity index (χ0) is 14.5. The minimum absolute atomic E-state index is 0.274. The molecule has 1 fully saturated rings. The van der Waals surface area contributed by atoms with Crippen molar-refractivity contribution in [3.05, 3.63) is 29.2 Å². The van der Waals surface area contributed by atoms with Crippen LogP contribution in [0.25, 0.3) is 11.5 Å². The Kier molecular flexibility index (Phi) is 2.79. The second-order valence-corrected chi connectivity index (χ2v) is 5.81. The zero-order valence-corrected chi connectivity index (χ0v) is 11.6. The maximum absolute atomic E-state index is 11.2. The van der Waals surface area contributed by atoms with E-state index < -0.39 is 11.9 Å². The van der Waals surface area contributed by atoms with Gasteiger partial charge in [0.05, 0.1) is 16.9 Å². The Morgan fingerprint density at radius 2 is 2.25 bits per heavy atom. The second-order valence-electron chi connectivity index (χ2n) is 5.41. The van der Waals surface area contributed by atoms with Gasteiger partial charge in [-0.15, -0.1) is 0 Å². The highest BCUT2D eigenvalue weighted by Crippen LogP contribution is 2.64. The van der Waals surface area contributed by atoms with Gasteiger partial charge in [-0.05, 0) is 17.5 Å². The molecule has 2 heterocycles. The first-order chi connectivity index (χ1) is 9.43. The van der Waals surface area contributed by atoms with Crippen LogP contribution in [-0.2, 0) is 4.79 Å². The minimum atomic E-state index is -0.851. The van der Waals surface area contributed by atoms with Crippen LogP contribution in [0.2, 0.25) is 5.02 Å². The summed E-state index contributed by atoms with van der Waals surface area (Å²) in [5, 5.41) is 13.4. The summed E-state index contributed by atoms with van der Waals surface area (Å²) in [5.74, 6) is -1.04. The van der Waals surface area contributed by atoms with Gasteiger partial charge < -0.3 is 9.63 Å². The third kappa shape index (κ3) is 1.87. The van der Waals surface area contributed by atoms with Crippen LogP contribution in [0.5, 0.6) is 0 Å². The average molecular weight is 294 g/mol. The van der Waals surface area contributed by atoms with Crippen molar-refractivity contribution in [3.63, 3.8) is 0 Å². The summed E-state index contributed by atoms with van der Waals surface area (Å²) in [6.45, 7) is 3.74. The Labute approximate surface area is 119 Å². The Morgan fingerprint density at radius 1 is 1.50 bits per heavy atom. The molecule has 0 saturated heterocycles. The third-order valence-electron chi connectivity index (χ3n) is 3.77. The predicted molar refractivity (Wildman–Crippen MR) is 70.2 cm³/mol. The van der Waals surface area contributed by atoms with Crippen LogP contribution in [-0.4, -0.2) is 26.2 Å². The van der Waals surface area contributed by atoms with E-state index in [2.05, 4.69) is 15.1 Å². The van der Waals surface area contributed by atoms with E-state index in [1.807, 2.05) is 13.8 Å². The summed E-state index contributed by atoms with van der Waals surface area (Å²) >= 11 is 6.02. The standard InChI is InChI=1S/C13H12ClN3O3/c1-13(2)7(8(13)12(18)19)11-16-10(17-20-11)9-6(14)4-3-5-15-9/h3-5,7-8H,1-2H3,(H,18,19). The van der Waals surface area contributed by atoms with Gasteiger partial charge in [-0.1, -0.05) is 30.6 Å². The van der Waals surface area contributed by atoms with Crippen molar-refractivity contribution in [2.45, 2.75) is 19.8 Å². The molecular formula is C13H12ClN3O3. The monoisotopic (exact) mass is 293 g/mol. The van der Waals surface area contributed by atoms with Gasteiger partial charge in [0, 0.05) is 6.20 Å². The van der Waals surface area contributed by atoms with E-state index in [1.54, 1.807) is 18.3 Å². The molecule has 0 aromatic carbocycles. The van der Waals surface area contributed by atoms with E-state index in [-0.39, 0.29) is 17.2 Å². The van der Waals surface area contributed by atoms with Crippen molar-refractivity contribution in [1.29, 1.82) is 0 Å². The molecule has 0 aliphatic heterocycles. The van der Waals surface area contributed by atoms with Crippen molar-refractivity contribution in [2.75, 3.05) is 0 Å². The lowest BCUT2D eigenvalue weighted by Crippen LogP contribution is -2.03. The Balaban J connectivity index is 1.93. The molecule has 1 N–H and O–H groups in total. The molecule has 7 heteroatoms. The molecule has 0 radical (unpaired) electrons. The summed E-state index contributed by atoms with van der Waals surface area (Å²) in [6, 6.07) is 3.39. The van der Waals surface area contributed by atoms with Crippen LogP contribution in [0.4, 0.5) is 0 Å². The van der Waals surface area contributed by atoms with Crippen molar-refractivity contribution < 1.29 is 14.4 Å². The van der Waals surface area contributed by atoms with Crippen LogP contribution < -0.4 is 0 Å². The lowest BCUT2D eigenvalue weighted by atomic mass is 10.1. The van der Waals surface area contributed by atoms with Crippen molar-refractivity contribution in [2.24, 2.45) is 11.3 Å². The molecule has 2 aromatic heterocycles. The van der Waals surface area contributed by atoms with E-state index in [1.165, 1.54) is 0 Å². The van der Waals surface area contributed by atoms with Gasteiger partial charge in [-0.25, -0.2) is 0 Å². The minimum Gasteiger partial charge on any atom is -0.481 e. The van der Waals surface area contributed by atoms with Crippen molar-refractivity contribution in [1.82, 2.24) is 15.1 Å². The molecule has 1 aliphatic rings. The molecule has 20 heavy (non-hydrogen) atoms. The molecule has 0 spiro atoms. The van der Waals surface area contributed by atoms with Gasteiger partial charge in [0.25, 0.3) is 0 Å². The molecule has 6 nitrogen and oxygen atoms in total. The largest absolute Gasteiger partial charge is 0.481 e. The molecule has 2 atom stereocenters. The Hall–Kier alpha value is -1.95. The van der Waals surface area contributed by atoms with Crippen molar-refractivity contribution >= 4 is 17.6 Å². The molecule has 3 rings (SSSR count). The summed E-state index contributed by atoms with van der Waals surface area (Å²) in [4.78, 5) is 19.5. The predicted octanol–water partition coefficient (Wildman–Crippen LogP) is 2.61. The number of hydrogen-bond acceptors (Lipinski definition) is 5. The number of hydrogen-bond donors (Lipinski definition) is 1. The number of carbonyl (C=O) groups is 1. The lowest BCUT2D eigenvalue weighted by Gasteiger charge is -1.96. The highest BCUT2D eigenvalue weighted by molar-refractivity contribution is 6.32. The number of aliphatic carboxylic acids is 1. The molecule has 0 amide bonds. The smallest absolute Gasteiger partial charge is 0.307 e. The Bertz CT molecular complexity index is 683. The number of carboxylic acids is 1. The molecule has 1 saturated carbocycles. The summed E-state index contributed by atoms with van der Waals surface area (Å²) < 4.78 is 5.19. The SMILES string of the molecule is CC1(C)C(C(=O)O)C1c1nc(-c2ncccc2Cl)no1. The fourth-order valence-corrected chi connectivity index (χ4v) is 2.77. The molecular weight excluding hydrogens is 282 g/mol. The number of nitrogens with zero attached hydrogens (tertiary/aromatic N) is 3. The van der Waals surface area contributed by atoms with Gasteiger partial charge in [0.2, 0.25) is 11.7 Å². The lowest BCUT2D eigenvalue weighted by molar-refractivity contribution is -0.139. The van der Waals surface area contributed by atoms with Crippen LogP contribution in [0.3, 0.4) is 0 Å². The van der Waals surface area contributed by atoms with Crippen LogP contribution in [0.1, 0.15) is 25.7 Å². The number of carboxylic acid groups (broad SMARTS) is 1. The molecule has 104 valence electrons. The quantitative estimate of drug-likeness (QED) is 0.935. The van der Waals surface area contributed by atoms with Crippen molar-refractivity contribution in [3.8, 4) is 11.5 Å². The summed E-state index contributed by atoms with van der Waals surface area (Å²) in [6.07, 6.45) is 1.58. The maximum Gasteiger partial charge on any atom is 0.307 e.